The zero-order valence-electron chi connectivity index (χ0n) is 15.9. The Morgan fingerprint density at radius 1 is 1.41 bits per heavy atom. The maximum absolute atomic E-state index is 12.3. The fraction of sp³-hybridized carbons (Fsp3) is 0.526. The summed E-state index contributed by atoms with van der Waals surface area (Å²) >= 11 is 3.42. The second kappa shape index (κ2) is 10.3. The summed E-state index contributed by atoms with van der Waals surface area (Å²) in [6.45, 7) is 6.26. The average Bonchev–Trinajstić information content (AvgIpc) is 2.61. The topological polar surface area (TPSA) is 99.8 Å². The van der Waals surface area contributed by atoms with Gasteiger partial charge in [0, 0.05) is 36.2 Å². The molecule has 0 radical (unpaired) electrons. The molecule has 148 valence electrons. The van der Waals surface area contributed by atoms with Crippen molar-refractivity contribution in [2.24, 2.45) is 16.6 Å². The predicted molar refractivity (Wildman–Crippen MR) is 112 cm³/mol. The molecule has 1 aromatic carbocycles. The van der Waals surface area contributed by atoms with Crippen molar-refractivity contribution in [2.45, 2.75) is 33.1 Å². The maximum atomic E-state index is 12.3. The molecule has 0 aliphatic carbocycles. The van der Waals surface area contributed by atoms with Crippen LogP contribution >= 0.6 is 15.9 Å². The molecule has 2 rings (SSSR count). The third kappa shape index (κ3) is 6.86. The molecule has 27 heavy (non-hydrogen) atoms. The van der Waals surface area contributed by atoms with E-state index in [4.69, 9.17) is 5.73 Å². The summed E-state index contributed by atoms with van der Waals surface area (Å²) in [5, 5.41) is 6.14. The van der Waals surface area contributed by atoms with Crippen LogP contribution in [0, 0.1) is 12.8 Å². The summed E-state index contributed by atoms with van der Waals surface area (Å²) in [7, 11) is 0. The standard InChI is InChI=1S/C19H28BrN5O2/c1-3-22-19(25-8-4-5-14(12-25)9-17(21)26)23-11-18(27)24-16-10-15(20)7-6-13(16)2/h6-7,10,14H,3-5,8-9,11-12H2,1-2H3,(H2,21,26)(H,22,23)(H,24,27). The van der Waals surface area contributed by atoms with E-state index in [0.29, 0.717) is 18.9 Å². The van der Waals surface area contributed by atoms with E-state index in [1.807, 2.05) is 32.0 Å². The number of carbonyl (C=O) groups excluding carboxylic acids is 2. The van der Waals surface area contributed by atoms with E-state index < -0.39 is 0 Å². The minimum atomic E-state index is -0.271. The summed E-state index contributed by atoms with van der Waals surface area (Å²) in [5.41, 5.74) is 7.10. The summed E-state index contributed by atoms with van der Waals surface area (Å²) in [4.78, 5) is 30.1. The fourth-order valence-corrected chi connectivity index (χ4v) is 3.56. The Morgan fingerprint density at radius 2 is 2.19 bits per heavy atom. The van der Waals surface area contributed by atoms with Gasteiger partial charge in [0.05, 0.1) is 0 Å². The number of nitrogens with two attached hydrogens (primary N) is 1. The molecule has 8 heteroatoms. The van der Waals surface area contributed by atoms with E-state index in [1.54, 1.807) is 0 Å². The van der Waals surface area contributed by atoms with Gasteiger partial charge in [-0.2, -0.15) is 0 Å². The first-order valence-corrected chi connectivity index (χ1v) is 10.1. The number of hydrogen-bond acceptors (Lipinski definition) is 3. The molecular weight excluding hydrogens is 410 g/mol. The number of nitrogens with one attached hydrogen (secondary N) is 2. The van der Waals surface area contributed by atoms with Gasteiger partial charge in [-0.25, -0.2) is 4.99 Å². The van der Waals surface area contributed by atoms with Crippen molar-refractivity contribution < 1.29 is 9.59 Å². The predicted octanol–water partition coefficient (Wildman–Crippen LogP) is 2.25. The first-order chi connectivity index (χ1) is 12.9. The van der Waals surface area contributed by atoms with Crippen molar-refractivity contribution in [3.8, 4) is 0 Å². The Balaban J connectivity index is 2.00. The lowest BCUT2D eigenvalue weighted by atomic mass is 9.95. The molecule has 2 amide bonds. The minimum Gasteiger partial charge on any atom is -0.370 e. The molecule has 1 unspecified atom stereocenters. The number of anilines is 1. The lowest BCUT2D eigenvalue weighted by molar-refractivity contribution is -0.119. The van der Waals surface area contributed by atoms with Crippen LogP contribution in [-0.4, -0.2) is 48.9 Å². The Labute approximate surface area is 168 Å². The number of aliphatic imine (C=N–C) groups is 1. The monoisotopic (exact) mass is 437 g/mol. The van der Waals surface area contributed by atoms with Crippen molar-refractivity contribution in [3.05, 3.63) is 28.2 Å². The van der Waals surface area contributed by atoms with Crippen LogP contribution in [0.2, 0.25) is 0 Å². The van der Waals surface area contributed by atoms with Gasteiger partial charge in [0.15, 0.2) is 5.96 Å². The van der Waals surface area contributed by atoms with E-state index in [1.165, 1.54) is 0 Å². The van der Waals surface area contributed by atoms with E-state index in [9.17, 15) is 9.59 Å². The molecular formula is C19H28BrN5O2. The minimum absolute atomic E-state index is 0.0330. The van der Waals surface area contributed by atoms with Gasteiger partial charge in [-0.3, -0.25) is 9.59 Å². The first kappa shape index (κ1) is 21.2. The van der Waals surface area contributed by atoms with Crippen LogP contribution in [-0.2, 0) is 9.59 Å². The number of nitrogens with zero attached hydrogens (tertiary/aromatic N) is 2. The number of primary amides is 1. The van der Waals surface area contributed by atoms with Crippen molar-refractivity contribution in [2.75, 3.05) is 31.5 Å². The van der Waals surface area contributed by atoms with Gasteiger partial charge in [0.2, 0.25) is 11.8 Å². The van der Waals surface area contributed by atoms with E-state index >= 15 is 0 Å². The second-order valence-electron chi connectivity index (χ2n) is 6.80. The van der Waals surface area contributed by atoms with Crippen LogP contribution in [0.4, 0.5) is 5.69 Å². The Kier molecular flexibility index (Phi) is 8.09. The largest absolute Gasteiger partial charge is 0.370 e. The van der Waals surface area contributed by atoms with E-state index in [0.717, 1.165) is 41.7 Å². The second-order valence-corrected chi connectivity index (χ2v) is 7.72. The quantitative estimate of drug-likeness (QED) is 0.469. The Hall–Kier alpha value is -2.09. The van der Waals surface area contributed by atoms with Crippen molar-refractivity contribution >= 4 is 39.4 Å². The van der Waals surface area contributed by atoms with Gasteiger partial charge in [-0.1, -0.05) is 22.0 Å². The number of hydrogen-bond donors (Lipinski definition) is 3. The highest BCUT2D eigenvalue weighted by atomic mass is 79.9. The molecule has 0 aromatic heterocycles. The van der Waals surface area contributed by atoms with Gasteiger partial charge in [-0.05, 0) is 50.3 Å². The van der Waals surface area contributed by atoms with Crippen molar-refractivity contribution in [3.63, 3.8) is 0 Å². The lowest BCUT2D eigenvalue weighted by Crippen LogP contribution is -2.47. The normalized spacial score (nSPS) is 17.5. The third-order valence-corrected chi connectivity index (χ3v) is 4.98. The van der Waals surface area contributed by atoms with Crippen LogP contribution in [0.25, 0.3) is 0 Å². The average molecular weight is 438 g/mol. The number of piperidine rings is 1. The van der Waals surface area contributed by atoms with Crippen LogP contribution in [0.1, 0.15) is 31.7 Å². The summed E-state index contributed by atoms with van der Waals surface area (Å²) < 4.78 is 0.911. The molecule has 1 saturated heterocycles. The number of likely N-dealkylation sites (tertiary alicyclic amines) is 1. The van der Waals surface area contributed by atoms with Crippen molar-refractivity contribution in [1.29, 1.82) is 0 Å². The number of rotatable bonds is 6. The number of amides is 2. The highest BCUT2D eigenvalue weighted by Gasteiger charge is 2.23. The number of carbonyl (C=O) groups is 2. The van der Waals surface area contributed by atoms with Gasteiger partial charge in [0.25, 0.3) is 0 Å². The lowest BCUT2D eigenvalue weighted by Gasteiger charge is -2.34. The first-order valence-electron chi connectivity index (χ1n) is 9.26. The number of halogens is 1. The van der Waals surface area contributed by atoms with Crippen molar-refractivity contribution in [1.82, 2.24) is 10.2 Å². The number of benzene rings is 1. The molecule has 1 fully saturated rings. The molecule has 1 aromatic rings. The molecule has 4 N–H and O–H groups in total. The van der Waals surface area contributed by atoms with Crippen LogP contribution in [0.3, 0.4) is 0 Å². The van der Waals surface area contributed by atoms with Gasteiger partial charge in [0.1, 0.15) is 6.54 Å². The summed E-state index contributed by atoms with van der Waals surface area (Å²) in [5.74, 6) is 0.496. The molecule has 1 heterocycles. The van der Waals surface area contributed by atoms with E-state index in [2.05, 4.69) is 36.5 Å². The molecule has 0 spiro atoms. The maximum Gasteiger partial charge on any atom is 0.246 e. The summed E-state index contributed by atoms with van der Waals surface area (Å²) in [6.07, 6.45) is 2.35. The molecule has 0 saturated carbocycles. The number of aryl methyl sites for hydroxylation is 1. The SMILES string of the molecule is CCNC(=NCC(=O)Nc1cc(Br)ccc1C)N1CCCC(CC(N)=O)C1. The Bertz CT molecular complexity index is 707. The zero-order chi connectivity index (χ0) is 19.8. The van der Waals surface area contributed by atoms with Crippen LogP contribution in [0.5, 0.6) is 0 Å². The highest BCUT2D eigenvalue weighted by molar-refractivity contribution is 9.10. The van der Waals surface area contributed by atoms with Crippen LogP contribution < -0.4 is 16.4 Å². The molecule has 1 aliphatic heterocycles. The van der Waals surface area contributed by atoms with Crippen LogP contribution in [0.15, 0.2) is 27.7 Å². The smallest absolute Gasteiger partial charge is 0.246 e. The van der Waals surface area contributed by atoms with Gasteiger partial charge in [-0.15, -0.1) is 0 Å². The molecule has 7 nitrogen and oxygen atoms in total. The van der Waals surface area contributed by atoms with E-state index in [-0.39, 0.29) is 24.3 Å². The number of guanidine groups is 1. The highest BCUT2D eigenvalue weighted by Crippen LogP contribution is 2.21. The van der Waals surface area contributed by atoms with Gasteiger partial charge < -0.3 is 21.3 Å². The fourth-order valence-electron chi connectivity index (χ4n) is 3.20. The molecule has 1 atom stereocenters. The Morgan fingerprint density at radius 3 is 2.89 bits per heavy atom. The molecule has 0 bridgehead atoms. The third-order valence-electron chi connectivity index (χ3n) is 4.49. The summed E-state index contributed by atoms with van der Waals surface area (Å²) in [6, 6.07) is 5.76. The van der Waals surface area contributed by atoms with Gasteiger partial charge >= 0.3 is 0 Å². The zero-order valence-corrected chi connectivity index (χ0v) is 17.5. The molecule has 1 aliphatic rings.